The van der Waals surface area contributed by atoms with Crippen LogP contribution in [-0.4, -0.2) is 34.8 Å². The first-order chi connectivity index (χ1) is 15.2. The summed E-state index contributed by atoms with van der Waals surface area (Å²) in [4.78, 5) is 13.8. The molecule has 0 N–H and O–H groups in total. The summed E-state index contributed by atoms with van der Waals surface area (Å²) in [6.07, 6.45) is 10.8. The van der Waals surface area contributed by atoms with E-state index >= 15 is 0 Å². The van der Waals surface area contributed by atoms with Crippen molar-refractivity contribution in [2.45, 2.75) is 25.7 Å². The second-order valence-corrected chi connectivity index (χ2v) is 8.96. The molecular weight excluding hydrogens is 428 g/mol. The largest absolute Gasteiger partial charge is 0.454 e. The second kappa shape index (κ2) is 10.2. The molecule has 2 aromatic carbocycles. The van der Waals surface area contributed by atoms with E-state index in [4.69, 9.17) is 21.7 Å². The molecule has 1 unspecified atom stereocenters. The van der Waals surface area contributed by atoms with Gasteiger partial charge in [0.2, 0.25) is 6.79 Å². The zero-order valence-corrected chi connectivity index (χ0v) is 19.2. The predicted molar refractivity (Wildman–Crippen MR) is 130 cm³/mol. The minimum Gasteiger partial charge on any atom is -0.454 e. The van der Waals surface area contributed by atoms with Crippen LogP contribution in [0.25, 0.3) is 0 Å². The molecule has 4 rings (SSSR count). The van der Waals surface area contributed by atoms with Crippen molar-refractivity contribution in [3.8, 4) is 11.5 Å². The number of fused-ring (bicyclic) bond motifs is 1. The van der Waals surface area contributed by atoms with Crippen molar-refractivity contribution in [3.63, 3.8) is 0 Å². The number of ether oxygens (including phenoxy) is 2. The van der Waals surface area contributed by atoms with Crippen LogP contribution in [0.4, 0.5) is 5.69 Å². The molecule has 0 saturated heterocycles. The minimum absolute atomic E-state index is 0.113. The van der Waals surface area contributed by atoms with Gasteiger partial charge in [-0.05, 0) is 68.2 Å². The van der Waals surface area contributed by atoms with E-state index in [9.17, 15) is 4.79 Å². The van der Waals surface area contributed by atoms with Crippen LogP contribution in [0.15, 0.2) is 60.7 Å². The van der Waals surface area contributed by atoms with Crippen molar-refractivity contribution >= 4 is 39.9 Å². The number of nitrogens with zero attached hydrogens (tertiary/aromatic N) is 2. The number of hydrogen-bond donors (Lipinski definition) is 0. The lowest BCUT2D eigenvalue weighted by atomic mass is 9.93. The van der Waals surface area contributed by atoms with Crippen LogP contribution in [0.5, 0.6) is 11.5 Å². The third-order valence-electron chi connectivity index (χ3n) is 5.51. The zero-order valence-electron chi connectivity index (χ0n) is 17.5. The number of para-hydroxylation sites is 1. The molecular formula is C24H26N2O3S2. The van der Waals surface area contributed by atoms with Crippen LogP contribution in [0.1, 0.15) is 36.0 Å². The van der Waals surface area contributed by atoms with Crippen LogP contribution in [0, 0.1) is 5.92 Å². The molecule has 0 saturated carbocycles. The number of hydrogen-bond acceptors (Lipinski definition) is 5. The first-order valence-corrected chi connectivity index (χ1v) is 12.1. The van der Waals surface area contributed by atoms with Gasteiger partial charge in [-0.15, -0.1) is 0 Å². The van der Waals surface area contributed by atoms with Crippen molar-refractivity contribution in [1.29, 1.82) is 0 Å². The Bertz CT molecular complexity index is 965. The average molecular weight is 455 g/mol. The number of allylic oxidation sites excluding steroid dienone is 2. The SMILES string of the molecule is CSC(=S)N(c1ccccc1)N(CCC1C=CCCC1)C(=O)c1ccc2c(c1)OCO2. The standard InChI is InChI=1S/C24H26N2O3S2/c1-31-24(30)26(20-10-6-3-7-11-20)25(15-14-18-8-4-2-5-9-18)23(27)19-12-13-21-22(16-19)29-17-28-21/h3-4,6-8,10-13,16,18H,2,5,9,14-15,17H2,1H3. The Morgan fingerprint density at radius 1 is 1.16 bits per heavy atom. The normalized spacial score (nSPS) is 16.7. The van der Waals surface area contributed by atoms with E-state index < -0.39 is 0 Å². The number of carbonyl (C=O) groups is 1. The number of thiocarbonyl (C=S) groups is 1. The molecule has 1 atom stereocenters. The smallest absolute Gasteiger partial charge is 0.272 e. The first-order valence-electron chi connectivity index (χ1n) is 10.5. The molecule has 2 aliphatic rings. The quantitative estimate of drug-likeness (QED) is 0.329. The van der Waals surface area contributed by atoms with Gasteiger partial charge in [0.1, 0.15) is 0 Å². The van der Waals surface area contributed by atoms with E-state index in [0.29, 0.717) is 33.8 Å². The number of rotatable bonds is 5. The lowest BCUT2D eigenvalue weighted by molar-refractivity contribution is 0.0755. The number of hydrazine groups is 1. The number of benzene rings is 2. The van der Waals surface area contributed by atoms with Crippen molar-refractivity contribution in [3.05, 3.63) is 66.2 Å². The van der Waals surface area contributed by atoms with E-state index in [-0.39, 0.29) is 12.7 Å². The highest BCUT2D eigenvalue weighted by Gasteiger charge is 2.28. The van der Waals surface area contributed by atoms with Crippen molar-refractivity contribution in [1.82, 2.24) is 5.01 Å². The number of amides is 1. The van der Waals surface area contributed by atoms with E-state index in [1.54, 1.807) is 23.2 Å². The maximum Gasteiger partial charge on any atom is 0.272 e. The van der Waals surface area contributed by atoms with Crippen LogP contribution >= 0.6 is 24.0 Å². The molecule has 0 fully saturated rings. The summed E-state index contributed by atoms with van der Waals surface area (Å²) >= 11 is 7.15. The molecule has 5 nitrogen and oxygen atoms in total. The molecule has 0 spiro atoms. The Morgan fingerprint density at radius 3 is 2.71 bits per heavy atom. The van der Waals surface area contributed by atoms with Gasteiger partial charge in [0.05, 0.1) is 5.69 Å². The molecule has 31 heavy (non-hydrogen) atoms. The molecule has 2 aromatic rings. The van der Waals surface area contributed by atoms with Crippen LogP contribution in [0.2, 0.25) is 0 Å². The van der Waals surface area contributed by atoms with Gasteiger partial charge < -0.3 is 9.47 Å². The molecule has 7 heteroatoms. The van der Waals surface area contributed by atoms with Gasteiger partial charge >= 0.3 is 0 Å². The maximum absolute atomic E-state index is 13.8. The molecule has 0 aromatic heterocycles. The third-order valence-corrected chi connectivity index (χ3v) is 6.70. The summed E-state index contributed by atoms with van der Waals surface area (Å²) in [5.41, 5.74) is 1.42. The first kappa shape index (κ1) is 21.7. The Kier molecular flexibility index (Phi) is 7.14. The average Bonchev–Trinajstić information content (AvgIpc) is 3.30. The summed E-state index contributed by atoms with van der Waals surface area (Å²) < 4.78 is 11.5. The number of anilines is 1. The van der Waals surface area contributed by atoms with E-state index in [2.05, 4.69) is 12.2 Å². The van der Waals surface area contributed by atoms with Crippen molar-refractivity contribution in [2.24, 2.45) is 5.92 Å². The molecule has 1 aliphatic carbocycles. The summed E-state index contributed by atoms with van der Waals surface area (Å²) in [5.74, 6) is 1.62. The fourth-order valence-electron chi connectivity index (χ4n) is 3.88. The molecule has 0 bridgehead atoms. The molecule has 162 valence electrons. The Balaban J connectivity index is 1.66. The van der Waals surface area contributed by atoms with Gasteiger partial charge in [0.25, 0.3) is 5.91 Å². The highest BCUT2D eigenvalue weighted by Crippen LogP contribution is 2.33. The fraction of sp³-hybridized carbons (Fsp3) is 0.333. The van der Waals surface area contributed by atoms with Gasteiger partial charge in [-0.1, -0.05) is 54.3 Å². The summed E-state index contributed by atoms with van der Waals surface area (Å²) in [6.45, 7) is 0.745. The summed E-state index contributed by atoms with van der Waals surface area (Å²) in [6, 6.07) is 15.2. The van der Waals surface area contributed by atoms with Crippen LogP contribution in [0.3, 0.4) is 0 Å². The summed E-state index contributed by atoms with van der Waals surface area (Å²) in [5, 5.41) is 3.63. The van der Waals surface area contributed by atoms with Gasteiger partial charge in [-0.2, -0.15) is 0 Å². The van der Waals surface area contributed by atoms with E-state index in [1.165, 1.54) is 18.2 Å². The van der Waals surface area contributed by atoms with Gasteiger partial charge in [0, 0.05) is 12.1 Å². The summed E-state index contributed by atoms with van der Waals surface area (Å²) in [7, 11) is 0. The lowest BCUT2D eigenvalue weighted by Gasteiger charge is -2.37. The Labute approximate surface area is 193 Å². The Hall–Kier alpha value is -2.51. The predicted octanol–water partition coefficient (Wildman–Crippen LogP) is 5.67. The van der Waals surface area contributed by atoms with Crippen LogP contribution in [-0.2, 0) is 0 Å². The zero-order chi connectivity index (χ0) is 21.6. The third kappa shape index (κ3) is 5.05. The van der Waals surface area contributed by atoms with E-state index in [0.717, 1.165) is 24.9 Å². The topological polar surface area (TPSA) is 42.0 Å². The van der Waals surface area contributed by atoms with Gasteiger partial charge in [-0.3, -0.25) is 4.79 Å². The molecule has 1 heterocycles. The number of carbonyl (C=O) groups excluding carboxylic acids is 1. The molecule has 1 aliphatic heterocycles. The van der Waals surface area contributed by atoms with Crippen molar-refractivity contribution in [2.75, 3.05) is 24.6 Å². The second-order valence-electron chi connectivity index (χ2n) is 7.52. The molecule has 1 amide bonds. The lowest BCUT2D eigenvalue weighted by Crippen LogP contribution is -2.49. The number of thioether (sulfide) groups is 1. The van der Waals surface area contributed by atoms with Gasteiger partial charge in [0.15, 0.2) is 15.8 Å². The fourth-order valence-corrected chi connectivity index (χ4v) is 4.46. The highest BCUT2D eigenvalue weighted by atomic mass is 32.2. The van der Waals surface area contributed by atoms with Crippen LogP contribution < -0.4 is 14.5 Å². The van der Waals surface area contributed by atoms with Crippen molar-refractivity contribution < 1.29 is 14.3 Å². The van der Waals surface area contributed by atoms with E-state index in [1.807, 2.05) is 41.6 Å². The van der Waals surface area contributed by atoms with Gasteiger partial charge in [-0.25, -0.2) is 10.0 Å². The monoisotopic (exact) mass is 454 g/mol. The highest BCUT2D eigenvalue weighted by molar-refractivity contribution is 8.22. The maximum atomic E-state index is 13.8. The Morgan fingerprint density at radius 2 is 1.97 bits per heavy atom. The minimum atomic E-state index is -0.113. The molecule has 0 radical (unpaired) electrons.